The van der Waals surface area contributed by atoms with E-state index in [-0.39, 0.29) is 5.97 Å². The molecule has 0 aliphatic heterocycles. The van der Waals surface area contributed by atoms with E-state index < -0.39 is 6.04 Å². The van der Waals surface area contributed by atoms with Gasteiger partial charge in [-0.25, -0.2) is 4.79 Å². The predicted octanol–water partition coefficient (Wildman–Crippen LogP) is 1.52. The quantitative estimate of drug-likeness (QED) is 0.611. The van der Waals surface area contributed by atoms with Gasteiger partial charge in [0.2, 0.25) is 0 Å². The van der Waals surface area contributed by atoms with Gasteiger partial charge in [-0.1, -0.05) is 18.1 Å². The molecule has 4 nitrogen and oxygen atoms in total. The van der Waals surface area contributed by atoms with E-state index in [4.69, 9.17) is 15.9 Å². The fourth-order valence-corrected chi connectivity index (χ4v) is 1.54. The van der Waals surface area contributed by atoms with Crippen LogP contribution in [0.5, 0.6) is 5.75 Å². The SMILES string of the molecule is C#CCNC(C(=O)OCC)c1cccc(OC)c1. The maximum atomic E-state index is 11.9. The summed E-state index contributed by atoms with van der Waals surface area (Å²) in [6.45, 7) is 2.39. The Bertz CT molecular complexity index is 437. The van der Waals surface area contributed by atoms with Gasteiger partial charge in [-0.3, -0.25) is 5.32 Å². The minimum atomic E-state index is -0.573. The molecular weight excluding hydrogens is 230 g/mol. The first-order valence-electron chi connectivity index (χ1n) is 5.70. The van der Waals surface area contributed by atoms with Crippen LogP contribution in [0.1, 0.15) is 18.5 Å². The van der Waals surface area contributed by atoms with Crippen molar-refractivity contribution in [2.75, 3.05) is 20.3 Å². The number of ether oxygens (including phenoxy) is 2. The monoisotopic (exact) mass is 247 g/mol. The van der Waals surface area contributed by atoms with Crippen molar-refractivity contribution in [2.24, 2.45) is 0 Å². The van der Waals surface area contributed by atoms with Crippen molar-refractivity contribution in [1.82, 2.24) is 5.32 Å². The van der Waals surface area contributed by atoms with Gasteiger partial charge < -0.3 is 9.47 Å². The maximum absolute atomic E-state index is 11.9. The Kier molecular flexibility index (Phi) is 5.75. The fraction of sp³-hybridized carbons (Fsp3) is 0.357. The summed E-state index contributed by atoms with van der Waals surface area (Å²) in [7, 11) is 1.58. The Morgan fingerprint density at radius 3 is 2.94 bits per heavy atom. The van der Waals surface area contributed by atoms with Gasteiger partial charge in [0.05, 0.1) is 20.3 Å². The van der Waals surface area contributed by atoms with Crippen LogP contribution in [-0.2, 0) is 9.53 Å². The van der Waals surface area contributed by atoms with Gasteiger partial charge in [0.25, 0.3) is 0 Å². The molecule has 0 bridgehead atoms. The number of benzene rings is 1. The molecule has 0 saturated carbocycles. The Morgan fingerprint density at radius 2 is 2.33 bits per heavy atom. The second kappa shape index (κ2) is 7.36. The molecule has 1 unspecified atom stereocenters. The van der Waals surface area contributed by atoms with Crippen LogP contribution in [-0.4, -0.2) is 26.2 Å². The topological polar surface area (TPSA) is 47.6 Å². The highest BCUT2D eigenvalue weighted by Crippen LogP contribution is 2.20. The molecule has 96 valence electrons. The molecule has 0 amide bonds. The van der Waals surface area contributed by atoms with Crippen LogP contribution in [0, 0.1) is 12.3 Å². The molecule has 1 aromatic rings. The summed E-state index contributed by atoms with van der Waals surface area (Å²) in [4.78, 5) is 11.9. The van der Waals surface area contributed by atoms with Crippen LogP contribution < -0.4 is 10.1 Å². The standard InChI is InChI=1S/C14H17NO3/c1-4-9-15-13(14(16)18-5-2)11-7-6-8-12(10-11)17-3/h1,6-8,10,13,15H,5,9H2,2-3H3. The largest absolute Gasteiger partial charge is 0.497 e. The van der Waals surface area contributed by atoms with Gasteiger partial charge in [0.15, 0.2) is 0 Å². The van der Waals surface area contributed by atoms with Gasteiger partial charge in [0.1, 0.15) is 11.8 Å². The normalized spacial score (nSPS) is 11.4. The second-order valence-corrected chi connectivity index (χ2v) is 3.55. The summed E-state index contributed by atoms with van der Waals surface area (Å²) in [6.07, 6.45) is 5.20. The smallest absolute Gasteiger partial charge is 0.327 e. The lowest BCUT2D eigenvalue weighted by molar-refractivity contribution is -0.145. The van der Waals surface area contributed by atoms with E-state index in [2.05, 4.69) is 11.2 Å². The zero-order valence-electron chi connectivity index (χ0n) is 10.6. The molecule has 0 heterocycles. The average molecular weight is 247 g/mol. The van der Waals surface area contributed by atoms with Crippen molar-refractivity contribution < 1.29 is 14.3 Å². The van der Waals surface area contributed by atoms with E-state index in [9.17, 15) is 4.79 Å². The molecule has 1 N–H and O–H groups in total. The third-order valence-corrected chi connectivity index (χ3v) is 2.36. The van der Waals surface area contributed by atoms with Crippen molar-refractivity contribution in [1.29, 1.82) is 0 Å². The van der Waals surface area contributed by atoms with E-state index in [1.165, 1.54) is 0 Å². The number of hydrogen-bond donors (Lipinski definition) is 1. The highest BCUT2D eigenvalue weighted by Gasteiger charge is 2.21. The predicted molar refractivity (Wildman–Crippen MR) is 69.2 cm³/mol. The van der Waals surface area contributed by atoms with Crippen LogP contribution in [0.4, 0.5) is 0 Å². The molecule has 0 aliphatic carbocycles. The van der Waals surface area contributed by atoms with E-state index in [0.717, 1.165) is 5.56 Å². The molecule has 1 atom stereocenters. The van der Waals surface area contributed by atoms with Crippen molar-refractivity contribution >= 4 is 5.97 Å². The highest BCUT2D eigenvalue weighted by molar-refractivity contribution is 5.77. The van der Waals surface area contributed by atoms with Crippen LogP contribution >= 0.6 is 0 Å². The molecule has 1 rings (SSSR count). The number of rotatable bonds is 6. The third-order valence-electron chi connectivity index (χ3n) is 2.36. The Balaban J connectivity index is 2.93. The number of carbonyl (C=O) groups excluding carboxylic acids is 1. The summed E-state index contributed by atoms with van der Waals surface area (Å²) in [5.41, 5.74) is 0.767. The summed E-state index contributed by atoms with van der Waals surface area (Å²) < 4.78 is 10.1. The molecule has 0 fully saturated rings. The minimum Gasteiger partial charge on any atom is -0.497 e. The van der Waals surface area contributed by atoms with Crippen LogP contribution in [0.15, 0.2) is 24.3 Å². The molecule has 18 heavy (non-hydrogen) atoms. The average Bonchev–Trinajstić information content (AvgIpc) is 2.40. The van der Waals surface area contributed by atoms with E-state index in [1.807, 2.05) is 18.2 Å². The lowest BCUT2D eigenvalue weighted by Gasteiger charge is -2.16. The van der Waals surface area contributed by atoms with Gasteiger partial charge in [0, 0.05) is 0 Å². The molecule has 4 heteroatoms. The van der Waals surface area contributed by atoms with Crippen LogP contribution in [0.3, 0.4) is 0 Å². The summed E-state index contributed by atoms with van der Waals surface area (Å²) in [5.74, 6) is 2.78. The second-order valence-electron chi connectivity index (χ2n) is 3.55. The van der Waals surface area contributed by atoms with E-state index >= 15 is 0 Å². The van der Waals surface area contributed by atoms with Gasteiger partial charge >= 0.3 is 5.97 Å². The van der Waals surface area contributed by atoms with E-state index in [0.29, 0.717) is 18.9 Å². The summed E-state index contributed by atoms with van der Waals surface area (Å²) in [6, 6.07) is 6.67. The Labute approximate surface area is 107 Å². The van der Waals surface area contributed by atoms with Crippen LogP contribution in [0.25, 0.3) is 0 Å². The molecule has 0 radical (unpaired) electrons. The first-order valence-corrected chi connectivity index (χ1v) is 5.70. The maximum Gasteiger partial charge on any atom is 0.327 e. The molecule has 0 aliphatic rings. The fourth-order valence-electron chi connectivity index (χ4n) is 1.54. The number of terminal acetylenes is 1. The first kappa shape index (κ1) is 14.1. The number of nitrogens with one attached hydrogen (secondary N) is 1. The number of methoxy groups -OCH3 is 1. The minimum absolute atomic E-state index is 0.292. The zero-order valence-corrected chi connectivity index (χ0v) is 10.6. The van der Waals surface area contributed by atoms with Gasteiger partial charge in [-0.05, 0) is 24.6 Å². The summed E-state index contributed by atoms with van der Waals surface area (Å²) >= 11 is 0. The number of carbonyl (C=O) groups is 1. The zero-order chi connectivity index (χ0) is 13.4. The Morgan fingerprint density at radius 1 is 1.56 bits per heavy atom. The molecule has 0 spiro atoms. The third kappa shape index (κ3) is 3.79. The molecule has 1 aromatic carbocycles. The van der Waals surface area contributed by atoms with Crippen molar-refractivity contribution in [3.05, 3.63) is 29.8 Å². The molecule has 0 saturated heterocycles. The first-order chi connectivity index (χ1) is 8.72. The Hall–Kier alpha value is -1.99. The van der Waals surface area contributed by atoms with E-state index in [1.54, 1.807) is 20.1 Å². The number of esters is 1. The van der Waals surface area contributed by atoms with Crippen molar-refractivity contribution in [2.45, 2.75) is 13.0 Å². The lowest BCUT2D eigenvalue weighted by atomic mass is 10.1. The van der Waals surface area contributed by atoms with Crippen LogP contribution in [0.2, 0.25) is 0 Å². The van der Waals surface area contributed by atoms with Gasteiger partial charge in [-0.2, -0.15) is 0 Å². The number of hydrogen-bond acceptors (Lipinski definition) is 4. The lowest BCUT2D eigenvalue weighted by Crippen LogP contribution is -2.30. The summed E-state index contributed by atoms with van der Waals surface area (Å²) in [5, 5.41) is 2.96. The van der Waals surface area contributed by atoms with Crippen molar-refractivity contribution in [3.8, 4) is 18.1 Å². The molecular formula is C14H17NO3. The molecule has 0 aromatic heterocycles. The van der Waals surface area contributed by atoms with Gasteiger partial charge in [-0.15, -0.1) is 6.42 Å². The highest BCUT2D eigenvalue weighted by atomic mass is 16.5. The van der Waals surface area contributed by atoms with Crippen molar-refractivity contribution in [3.63, 3.8) is 0 Å².